The molecule has 2 aromatic carbocycles. The molecule has 0 saturated carbocycles. The lowest BCUT2D eigenvalue weighted by molar-refractivity contribution is 0.187. The quantitative estimate of drug-likeness (QED) is 0.289. The number of anilines is 1. The molecule has 2 rings (SSSR count). The van der Waals surface area contributed by atoms with Gasteiger partial charge in [-0.3, -0.25) is 5.32 Å². The summed E-state index contributed by atoms with van der Waals surface area (Å²) < 4.78 is 4.57. The number of guanidine groups is 1. The molecule has 0 spiro atoms. The molecule has 152 valence electrons. The molecule has 2 aromatic rings. The van der Waals surface area contributed by atoms with Crippen LogP contribution >= 0.6 is 35.6 Å². The summed E-state index contributed by atoms with van der Waals surface area (Å²) >= 11 is 6.01. The van der Waals surface area contributed by atoms with Gasteiger partial charge in [0.2, 0.25) is 0 Å². The van der Waals surface area contributed by atoms with Gasteiger partial charge in [-0.1, -0.05) is 35.9 Å². The van der Waals surface area contributed by atoms with Gasteiger partial charge in [-0.25, -0.2) is 9.79 Å². The van der Waals surface area contributed by atoms with Crippen LogP contribution < -0.4 is 16.0 Å². The Balaban J connectivity index is 0.00000392. The Morgan fingerprint density at radius 1 is 1.11 bits per heavy atom. The SMILES string of the molecule is CCNC(=NCc1ccc(NC(=O)OC)cc1)NCCc1cccc(Cl)c1.I. The van der Waals surface area contributed by atoms with E-state index in [1.807, 2.05) is 49.4 Å². The fourth-order valence-electron chi connectivity index (χ4n) is 2.39. The summed E-state index contributed by atoms with van der Waals surface area (Å²) in [4.78, 5) is 15.8. The van der Waals surface area contributed by atoms with Gasteiger partial charge in [-0.2, -0.15) is 0 Å². The molecule has 0 fully saturated rings. The van der Waals surface area contributed by atoms with Crippen LogP contribution in [-0.2, 0) is 17.7 Å². The van der Waals surface area contributed by atoms with Crippen molar-refractivity contribution in [1.82, 2.24) is 10.6 Å². The van der Waals surface area contributed by atoms with E-state index < -0.39 is 6.09 Å². The van der Waals surface area contributed by atoms with Crippen LogP contribution in [0.4, 0.5) is 10.5 Å². The van der Waals surface area contributed by atoms with Crippen LogP contribution in [0.5, 0.6) is 0 Å². The number of nitrogens with zero attached hydrogens (tertiary/aromatic N) is 1. The van der Waals surface area contributed by atoms with Gasteiger partial charge in [0.25, 0.3) is 0 Å². The maximum Gasteiger partial charge on any atom is 0.411 e. The average Bonchev–Trinajstić information content (AvgIpc) is 2.67. The molecule has 8 heteroatoms. The first-order valence-electron chi connectivity index (χ1n) is 8.81. The summed E-state index contributed by atoms with van der Waals surface area (Å²) in [6, 6.07) is 15.3. The van der Waals surface area contributed by atoms with E-state index in [4.69, 9.17) is 11.6 Å². The molecular weight excluding hydrogens is 491 g/mol. The van der Waals surface area contributed by atoms with E-state index in [9.17, 15) is 4.79 Å². The first-order valence-corrected chi connectivity index (χ1v) is 9.19. The van der Waals surface area contributed by atoms with Crippen LogP contribution in [0.25, 0.3) is 0 Å². The molecule has 0 aliphatic heterocycles. The second-order valence-electron chi connectivity index (χ2n) is 5.82. The standard InChI is InChI=1S/C20H25ClN4O2.HI/c1-3-22-19(23-12-11-15-5-4-6-17(21)13-15)24-14-16-7-9-18(10-8-16)25-20(26)27-2;/h4-10,13H,3,11-12,14H2,1-2H3,(H,25,26)(H2,22,23,24);1H. The van der Waals surface area contributed by atoms with Crippen molar-refractivity contribution in [3.05, 3.63) is 64.7 Å². The number of benzene rings is 2. The third-order valence-electron chi connectivity index (χ3n) is 3.74. The molecule has 3 N–H and O–H groups in total. The largest absolute Gasteiger partial charge is 0.453 e. The highest BCUT2D eigenvalue weighted by atomic mass is 127. The summed E-state index contributed by atoms with van der Waals surface area (Å²) in [5, 5.41) is 9.93. The number of hydrogen-bond acceptors (Lipinski definition) is 3. The Morgan fingerprint density at radius 3 is 2.50 bits per heavy atom. The summed E-state index contributed by atoms with van der Waals surface area (Å²) in [6.45, 7) is 4.10. The maximum atomic E-state index is 11.2. The molecule has 0 aliphatic rings. The molecule has 0 saturated heterocycles. The third kappa shape index (κ3) is 8.79. The Labute approximate surface area is 188 Å². The molecule has 0 aromatic heterocycles. The normalized spacial score (nSPS) is 10.6. The van der Waals surface area contributed by atoms with Gasteiger partial charge in [0.1, 0.15) is 0 Å². The number of halogens is 2. The molecule has 1 amide bonds. The zero-order valence-electron chi connectivity index (χ0n) is 16.0. The van der Waals surface area contributed by atoms with E-state index in [-0.39, 0.29) is 24.0 Å². The molecule has 0 bridgehead atoms. The number of hydrogen-bond donors (Lipinski definition) is 3. The van der Waals surface area contributed by atoms with Gasteiger partial charge in [-0.05, 0) is 48.7 Å². The van der Waals surface area contributed by atoms with E-state index in [1.165, 1.54) is 12.7 Å². The van der Waals surface area contributed by atoms with Crippen LogP contribution in [0, 0.1) is 0 Å². The molecule has 0 unspecified atom stereocenters. The lowest BCUT2D eigenvalue weighted by Crippen LogP contribution is -2.38. The van der Waals surface area contributed by atoms with E-state index in [0.717, 1.165) is 36.1 Å². The number of rotatable bonds is 7. The predicted molar refractivity (Wildman–Crippen MR) is 126 cm³/mol. The van der Waals surface area contributed by atoms with E-state index in [2.05, 4.69) is 31.7 Å². The van der Waals surface area contributed by atoms with E-state index in [0.29, 0.717) is 12.2 Å². The fraction of sp³-hybridized carbons (Fsp3) is 0.300. The average molecular weight is 517 g/mol. The number of ether oxygens (including phenoxy) is 1. The monoisotopic (exact) mass is 516 g/mol. The van der Waals surface area contributed by atoms with Crippen LogP contribution in [0.1, 0.15) is 18.1 Å². The Morgan fingerprint density at radius 2 is 1.86 bits per heavy atom. The van der Waals surface area contributed by atoms with Gasteiger partial charge >= 0.3 is 6.09 Å². The Hall–Kier alpha value is -2.00. The van der Waals surface area contributed by atoms with E-state index in [1.54, 1.807) is 0 Å². The minimum absolute atomic E-state index is 0. The van der Waals surface area contributed by atoms with Crippen molar-refractivity contribution in [3.8, 4) is 0 Å². The van der Waals surface area contributed by atoms with Crippen molar-refractivity contribution in [2.45, 2.75) is 19.9 Å². The molecular formula is C20H26ClIN4O2. The second-order valence-corrected chi connectivity index (χ2v) is 6.25. The highest BCUT2D eigenvalue weighted by molar-refractivity contribution is 14.0. The summed E-state index contributed by atoms with van der Waals surface area (Å²) in [6.07, 6.45) is 0.373. The zero-order chi connectivity index (χ0) is 19.5. The van der Waals surface area contributed by atoms with Gasteiger partial charge in [-0.15, -0.1) is 24.0 Å². The highest BCUT2D eigenvalue weighted by Crippen LogP contribution is 2.11. The molecule has 0 aliphatic carbocycles. The minimum Gasteiger partial charge on any atom is -0.453 e. The van der Waals surface area contributed by atoms with E-state index >= 15 is 0 Å². The molecule has 0 heterocycles. The van der Waals surface area contributed by atoms with Crippen molar-refractivity contribution in [2.75, 3.05) is 25.5 Å². The van der Waals surface area contributed by atoms with Gasteiger partial charge in [0.05, 0.1) is 13.7 Å². The first kappa shape index (κ1) is 24.0. The number of carbonyl (C=O) groups is 1. The lowest BCUT2D eigenvalue weighted by Gasteiger charge is -2.11. The number of amides is 1. The summed E-state index contributed by atoms with van der Waals surface area (Å²) in [7, 11) is 1.33. The van der Waals surface area contributed by atoms with Crippen molar-refractivity contribution < 1.29 is 9.53 Å². The van der Waals surface area contributed by atoms with Crippen LogP contribution in [0.2, 0.25) is 5.02 Å². The first-order chi connectivity index (χ1) is 13.1. The topological polar surface area (TPSA) is 74.8 Å². The van der Waals surface area contributed by atoms with Crippen molar-refractivity contribution in [2.24, 2.45) is 4.99 Å². The minimum atomic E-state index is -0.487. The number of carbonyl (C=O) groups excluding carboxylic acids is 1. The van der Waals surface area contributed by atoms with Crippen molar-refractivity contribution in [1.29, 1.82) is 0 Å². The Bertz CT molecular complexity index is 769. The highest BCUT2D eigenvalue weighted by Gasteiger charge is 2.02. The van der Waals surface area contributed by atoms with Crippen molar-refractivity contribution >= 4 is 53.3 Å². The predicted octanol–water partition coefficient (Wildman–Crippen LogP) is 4.43. The number of methoxy groups -OCH3 is 1. The lowest BCUT2D eigenvalue weighted by atomic mass is 10.1. The van der Waals surface area contributed by atoms with Gasteiger partial charge in [0, 0.05) is 23.8 Å². The Kier molecular flexibility index (Phi) is 11.4. The smallest absolute Gasteiger partial charge is 0.411 e. The fourth-order valence-corrected chi connectivity index (χ4v) is 2.61. The third-order valence-corrected chi connectivity index (χ3v) is 3.98. The van der Waals surface area contributed by atoms with Gasteiger partial charge < -0.3 is 15.4 Å². The van der Waals surface area contributed by atoms with Gasteiger partial charge in [0.15, 0.2) is 5.96 Å². The maximum absolute atomic E-state index is 11.2. The van der Waals surface area contributed by atoms with Crippen LogP contribution in [0.3, 0.4) is 0 Å². The second kappa shape index (κ2) is 13.2. The van der Waals surface area contributed by atoms with Crippen LogP contribution in [0.15, 0.2) is 53.5 Å². The van der Waals surface area contributed by atoms with Crippen molar-refractivity contribution in [3.63, 3.8) is 0 Å². The molecule has 28 heavy (non-hydrogen) atoms. The summed E-state index contributed by atoms with van der Waals surface area (Å²) in [5.41, 5.74) is 2.90. The molecule has 0 radical (unpaired) electrons. The molecule has 6 nitrogen and oxygen atoms in total. The number of aliphatic imine (C=N–C) groups is 1. The molecule has 0 atom stereocenters. The number of nitrogens with one attached hydrogen (secondary N) is 3. The zero-order valence-corrected chi connectivity index (χ0v) is 19.1. The van der Waals surface area contributed by atoms with Crippen LogP contribution in [-0.4, -0.2) is 32.3 Å². The summed E-state index contributed by atoms with van der Waals surface area (Å²) in [5.74, 6) is 0.760.